The number of amides is 1. The molecular formula is C16H16F2N2O4S. The van der Waals surface area contributed by atoms with Crippen LogP contribution in [-0.4, -0.2) is 34.6 Å². The summed E-state index contributed by atoms with van der Waals surface area (Å²) >= 11 is 0. The summed E-state index contributed by atoms with van der Waals surface area (Å²) in [6.07, 6.45) is 0. The van der Waals surface area contributed by atoms with Crippen LogP contribution in [0.2, 0.25) is 0 Å². The second-order valence-corrected chi connectivity index (χ2v) is 6.76. The molecule has 0 unspecified atom stereocenters. The number of benzene rings is 2. The number of anilines is 1. The first kappa shape index (κ1) is 19.0. The number of sulfonamides is 1. The van der Waals surface area contributed by atoms with Gasteiger partial charge in [0, 0.05) is 25.4 Å². The second kappa shape index (κ2) is 8.15. The predicted octanol–water partition coefficient (Wildman–Crippen LogP) is 2.14. The summed E-state index contributed by atoms with van der Waals surface area (Å²) in [4.78, 5) is 12.0. The summed E-state index contributed by atoms with van der Waals surface area (Å²) in [5.41, 5.74) is -0.0519. The summed E-state index contributed by atoms with van der Waals surface area (Å²) < 4.78 is 57.6. The van der Waals surface area contributed by atoms with Crippen LogP contribution in [0.25, 0.3) is 0 Å². The molecule has 1 amide bonds. The molecule has 0 radical (unpaired) electrons. The molecule has 0 saturated carbocycles. The Morgan fingerprint density at radius 1 is 1.12 bits per heavy atom. The van der Waals surface area contributed by atoms with Gasteiger partial charge in [0.2, 0.25) is 10.0 Å². The number of hydrogen-bond acceptors (Lipinski definition) is 4. The average molecular weight is 370 g/mol. The molecule has 9 heteroatoms. The molecule has 2 rings (SSSR count). The molecule has 0 aliphatic rings. The molecule has 0 atom stereocenters. The SMILES string of the molecule is COCCNS(=O)(=O)c1ccc(NC(=O)c2ccc(F)cc2F)cc1. The topological polar surface area (TPSA) is 84.5 Å². The van der Waals surface area contributed by atoms with Crippen molar-refractivity contribution in [1.82, 2.24) is 4.72 Å². The molecule has 0 heterocycles. The molecule has 0 fully saturated rings. The van der Waals surface area contributed by atoms with Crippen LogP contribution in [0.5, 0.6) is 0 Å². The van der Waals surface area contributed by atoms with Crippen molar-refractivity contribution in [3.05, 3.63) is 59.7 Å². The van der Waals surface area contributed by atoms with Crippen molar-refractivity contribution < 1.29 is 26.7 Å². The molecule has 0 aromatic heterocycles. The lowest BCUT2D eigenvalue weighted by atomic mass is 10.2. The summed E-state index contributed by atoms with van der Waals surface area (Å²) in [5, 5.41) is 2.41. The second-order valence-electron chi connectivity index (χ2n) is 4.99. The minimum absolute atomic E-state index is 0.00886. The Bertz CT molecular complexity index is 855. The van der Waals surface area contributed by atoms with Crippen molar-refractivity contribution in [3.63, 3.8) is 0 Å². The van der Waals surface area contributed by atoms with E-state index < -0.39 is 27.6 Å². The number of carbonyl (C=O) groups is 1. The zero-order chi connectivity index (χ0) is 18.4. The fourth-order valence-electron chi connectivity index (χ4n) is 1.95. The van der Waals surface area contributed by atoms with Crippen LogP contribution in [-0.2, 0) is 14.8 Å². The zero-order valence-corrected chi connectivity index (χ0v) is 14.1. The van der Waals surface area contributed by atoms with E-state index in [0.29, 0.717) is 6.07 Å². The molecule has 0 spiro atoms. The van der Waals surface area contributed by atoms with Crippen LogP contribution in [0.4, 0.5) is 14.5 Å². The fourth-order valence-corrected chi connectivity index (χ4v) is 2.96. The van der Waals surface area contributed by atoms with Gasteiger partial charge in [-0.25, -0.2) is 21.9 Å². The first-order valence-corrected chi connectivity index (χ1v) is 8.67. The molecule has 0 aliphatic heterocycles. The molecule has 0 saturated heterocycles. The monoisotopic (exact) mass is 370 g/mol. The van der Waals surface area contributed by atoms with E-state index in [4.69, 9.17) is 4.74 Å². The van der Waals surface area contributed by atoms with Gasteiger partial charge in [-0.05, 0) is 36.4 Å². The maximum Gasteiger partial charge on any atom is 0.258 e. The Morgan fingerprint density at radius 2 is 1.80 bits per heavy atom. The van der Waals surface area contributed by atoms with Crippen molar-refractivity contribution in [2.24, 2.45) is 0 Å². The highest BCUT2D eigenvalue weighted by atomic mass is 32.2. The average Bonchev–Trinajstić information content (AvgIpc) is 2.55. The first-order chi connectivity index (χ1) is 11.8. The van der Waals surface area contributed by atoms with Crippen molar-refractivity contribution in [2.45, 2.75) is 4.90 Å². The van der Waals surface area contributed by atoms with Crippen LogP contribution in [0.3, 0.4) is 0 Å². The molecule has 0 bridgehead atoms. The Hall–Kier alpha value is -2.36. The van der Waals surface area contributed by atoms with Crippen LogP contribution < -0.4 is 10.0 Å². The van der Waals surface area contributed by atoms with E-state index in [9.17, 15) is 22.0 Å². The van der Waals surface area contributed by atoms with Crippen molar-refractivity contribution in [2.75, 3.05) is 25.6 Å². The third-order valence-electron chi connectivity index (χ3n) is 3.20. The Labute approximate surface area is 143 Å². The maximum atomic E-state index is 13.6. The minimum atomic E-state index is -3.69. The maximum absolute atomic E-state index is 13.6. The van der Waals surface area contributed by atoms with Gasteiger partial charge in [-0.3, -0.25) is 4.79 Å². The van der Waals surface area contributed by atoms with E-state index in [0.717, 1.165) is 12.1 Å². The zero-order valence-electron chi connectivity index (χ0n) is 13.3. The first-order valence-electron chi connectivity index (χ1n) is 7.18. The van der Waals surface area contributed by atoms with Gasteiger partial charge in [0.1, 0.15) is 11.6 Å². The molecule has 2 aromatic rings. The number of hydrogen-bond donors (Lipinski definition) is 2. The molecule has 6 nitrogen and oxygen atoms in total. The largest absolute Gasteiger partial charge is 0.383 e. The van der Waals surface area contributed by atoms with Gasteiger partial charge >= 0.3 is 0 Å². The number of ether oxygens (including phenoxy) is 1. The smallest absolute Gasteiger partial charge is 0.258 e. The Morgan fingerprint density at radius 3 is 2.40 bits per heavy atom. The predicted molar refractivity (Wildman–Crippen MR) is 87.8 cm³/mol. The van der Waals surface area contributed by atoms with E-state index in [2.05, 4.69) is 10.0 Å². The molecular weight excluding hydrogens is 354 g/mol. The minimum Gasteiger partial charge on any atom is -0.383 e. The number of carbonyl (C=O) groups excluding carboxylic acids is 1. The quantitative estimate of drug-likeness (QED) is 0.732. The van der Waals surface area contributed by atoms with E-state index in [1.165, 1.54) is 31.4 Å². The summed E-state index contributed by atoms with van der Waals surface area (Å²) in [6.45, 7) is 0.359. The van der Waals surface area contributed by atoms with Crippen molar-refractivity contribution in [1.29, 1.82) is 0 Å². The standard InChI is InChI=1S/C16H16F2N2O4S/c1-24-9-8-19-25(22,23)13-5-3-12(4-6-13)20-16(21)14-7-2-11(17)10-15(14)18/h2-7,10,19H,8-9H2,1H3,(H,20,21). The molecule has 25 heavy (non-hydrogen) atoms. The summed E-state index contributed by atoms with van der Waals surface area (Å²) in [5.74, 6) is -2.55. The number of methoxy groups -OCH3 is 1. The van der Waals surface area contributed by atoms with Crippen LogP contribution in [0.15, 0.2) is 47.4 Å². The fraction of sp³-hybridized carbons (Fsp3) is 0.188. The molecule has 2 N–H and O–H groups in total. The normalized spacial score (nSPS) is 11.3. The third kappa shape index (κ3) is 5.05. The highest BCUT2D eigenvalue weighted by Gasteiger charge is 2.15. The van der Waals surface area contributed by atoms with Gasteiger partial charge in [0.15, 0.2) is 0 Å². The highest BCUT2D eigenvalue weighted by molar-refractivity contribution is 7.89. The van der Waals surface area contributed by atoms with Gasteiger partial charge in [0.05, 0.1) is 17.1 Å². The van der Waals surface area contributed by atoms with E-state index >= 15 is 0 Å². The van der Waals surface area contributed by atoms with E-state index in [1.54, 1.807) is 0 Å². The number of halogens is 2. The lowest BCUT2D eigenvalue weighted by Gasteiger charge is -2.09. The van der Waals surface area contributed by atoms with Crippen molar-refractivity contribution >= 4 is 21.6 Å². The lowest BCUT2D eigenvalue weighted by molar-refractivity contribution is 0.102. The van der Waals surface area contributed by atoms with Gasteiger partial charge in [-0.15, -0.1) is 0 Å². The Balaban J connectivity index is 2.08. The highest BCUT2D eigenvalue weighted by Crippen LogP contribution is 2.16. The van der Waals surface area contributed by atoms with Gasteiger partial charge in [-0.1, -0.05) is 0 Å². The van der Waals surface area contributed by atoms with Gasteiger partial charge in [0.25, 0.3) is 5.91 Å². The third-order valence-corrected chi connectivity index (χ3v) is 4.67. The van der Waals surface area contributed by atoms with Gasteiger partial charge < -0.3 is 10.1 Å². The summed E-state index contributed by atoms with van der Waals surface area (Å²) in [6, 6.07) is 7.93. The van der Waals surface area contributed by atoms with E-state index in [1.807, 2.05) is 0 Å². The molecule has 0 aliphatic carbocycles. The van der Waals surface area contributed by atoms with Crippen molar-refractivity contribution in [3.8, 4) is 0 Å². The van der Waals surface area contributed by atoms with E-state index in [-0.39, 0.29) is 29.3 Å². The van der Waals surface area contributed by atoms with Crippen LogP contribution in [0, 0.1) is 11.6 Å². The van der Waals surface area contributed by atoms with Gasteiger partial charge in [-0.2, -0.15) is 0 Å². The Kier molecular flexibility index (Phi) is 6.18. The van der Waals surface area contributed by atoms with Crippen LogP contribution in [0.1, 0.15) is 10.4 Å². The summed E-state index contributed by atoms with van der Waals surface area (Å²) in [7, 11) is -2.23. The molecule has 2 aromatic carbocycles. The lowest BCUT2D eigenvalue weighted by Crippen LogP contribution is -2.27. The number of nitrogens with one attached hydrogen (secondary N) is 2. The van der Waals surface area contributed by atoms with Crippen LogP contribution >= 0.6 is 0 Å². The molecule has 134 valence electrons. The number of rotatable bonds is 7.